The van der Waals surface area contributed by atoms with Gasteiger partial charge in [-0.25, -0.2) is 0 Å². The van der Waals surface area contributed by atoms with Crippen molar-refractivity contribution >= 4 is 11.7 Å². The number of anilines is 1. The Hall–Kier alpha value is -1.65. The van der Waals surface area contributed by atoms with E-state index < -0.39 is 0 Å². The van der Waals surface area contributed by atoms with E-state index in [1.54, 1.807) is 6.07 Å². The average molecular weight is 276 g/mol. The van der Waals surface area contributed by atoms with Crippen LogP contribution in [-0.4, -0.2) is 35.2 Å². The molecule has 110 valence electrons. The highest BCUT2D eigenvalue weighted by Crippen LogP contribution is 2.16. The van der Waals surface area contributed by atoms with Crippen molar-refractivity contribution in [3.63, 3.8) is 0 Å². The molecule has 1 fully saturated rings. The largest absolute Gasteiger partial charge is 0.355 e. The van der Waals surface area contributed by atoms with Gasteiger partial charge in [0.25, 0.3) is 5.91 Å². The maximum Gasteiger partial charge on any atom is 0.271 e. The highest BCUT2D eigenvalue weighted by Gasteiger charge is 2.13. The van der Waals surface area contributed by atoms with Crippen LogP contribution in [-0.2, 0) is 0 Å². The lowest BCUT2D eigenvalue weighted by molar-refractivity contribution is 0.0937. The number of amides is 1. The van der Waals surface area contributed by atoms with Crippen LogP contribution < -0.4 is 10.2 Å². The van der Waals surface area contributed by atoms with E-state index in [4.69, 9.17) is 0 Å². The van der Waals surface area contributed by atoms with E-state index in [9.17, 15) is 4.79 Å². The molecule has 1 aromatic rings. The summed E-state index contributed by atoms with van der Waals surface area (Å²) in [7, 11) is 0. The van der Waals surface area contributed by atoms with Crippen LogP contribution in [0.15, 0.2) is 12.1 Å². The summed E-state index contributed by atoms with van der Waals surface area (Å²) in [6.45, 7) is 5.93. The zero-order valence-corrected chi connectivity index (χ0v) is 12.4. The van der Waals surface area contributed by atoms with Crippen molar-refractivity contribution in [3.8, 4) is 0 Å². The highest BCUT2D eigenvalue weighted by molar-refractivity contribution is 5.92. The highest BCUT2D eigenvalue weighted by atomic mass is 16.2. The average Bonchev–Trinajstić information content (AvgIpc) is 2.38. The predicted molar refractivity (Wildman–Crippen MR) is 79.9 cm³/mol. The van der Waals surface area contributed by atoms with Gasteiger partial charge in [-0.05, 0) is 38.8 Å². The van der Waals surface area contributed by atoms with E-state index in [0.29, 0.717) is 5.69 Å². The zero-order valence-electron chi connectivity index (χ0n) is 12.4. The van der Waals surface area contributed by atoms with Gasteiger partial charge in [0.15, 0.2) is 11.5 Å². The molecule has 0 saturated carbocycles. The molecule has 2 heterocycles. The molecule has 5 heteroatoms. The second kappa shape index (κ2) is 7.22. The molecular formula is C15H24N4O. The summed E-state index contributed by atoms with van der Waals surface area (Å²) in [5, 5.41) is 11.1. The minimum absolute atomic E-state index is 0.110. The summed E-state index contributed by atoms with van der Waals surface area (Å²) in [6.07, 6.45) is 6.33. The lowest BCUT2D eigenvalue weighted by Gasteiger charge is -2.25. The van der Waals surface area contributed by atoms with Crippen LogP contribution in [0.2, 0.25) is 0 Å². The number of nitrogens with one attached hydrogen (secondary N) is 1. The zero-order chi connectivity index (χ0) is 14.4. The predicted octanol–water partition coefficient (Wildman–Crippen LogP) is 2.39. The Morgan fingerprint density at radius 3 is 2.30 bits per heavy atom. The number of rotatable bonds is 3. The minimum Gasteiger partial charge on any atom is -0.355 e. The standard InChI is InChI=1S/C15H24N4O/c1-12(2)16-15(20)13-8-9-14(18-17-13)19-10-6-4-3-5-7-11-19/h8-9,12H,3-7,10-11H2,1-2H3,(H,16,20). The summed E-state index contributed by atoms with van der Waals surface area (Å²) in [5.74, 6) is 0.722. The summed E-state index contributed by atoms with van der Waals surface area (Å²) < 4.78 is 0. The molecule has 5 nitrogen and oxygen atoms in total. The smallest absolute Gasteiger partial charge is 0.271 e. The van der Waals surface area contributed by atoms with Crippen LogP contribution in [0.4, 0.5) is 5.82 Å². The first-order chi connectivity index (χ1) is 9.66. The maximum atomic E-state index is 11.8. The Labute approximate surface area is 120 Å². The van der Waals surface area contributed by atoms with Crippen LogP contribution in [0.25, 0.3) is 0 Å². The normalized spacial score (nSPS) is 16.6. The van der Waals surface area contributed by atoms with Gasteiger partial charge in [0, 0.05) is 19.1 Å². The molecule has 1 aromatic heterocycles. The Morgan fingerprint density at radius 1 is 1.10 bits per heavy atom. The molecule has 1 N–H and O–H groups in total. The van der Waals surface area contributed by atoms with E-state index >= 15 is 0 Å². The first kappa shape index (κ1) is 14.8. The molecule has 0 aromatic carbocycles. The number of carbonyl (C=O) groups excluding carboxylic acids is 1. The molecule has 0 bridgehead atoms. The lowest BCUT2D eigenvalue weighted by atomic mass is 10.1. The van der Waals surface area contributed by atoms with Crippen molar-refractivity contribution in [1.82, 2.24) is 15.5 Å². The van der Waals surface area contributed by atoms with Gasteiger partial charge in [-0.15, -0.1) is 10.2 Å². The number of aromatic nitrogens is 2. The van der Waals surface area contributed by atoms with Crippen LogP contribution in [0.5, 0.6) is 0 Å². The SMILES string of the molecule is CC(C)NC(=O)c1ccc(N2CCCCCCC2)nn1. The van der Waals surface area contributed by atoms with Gasteiger partial charge in [0.1, 0.15) is 0 Å². The third-order valence-corrected chi connectivity index (χ3v) is 3.48. The molecule has 0 aliphatic carbocycles. The van der Waals surface area contributed by atoms with E-state index in [-0.39, 0.29) is 11.9 Å². The Balaban J connectivity index is 2.01. The molecule has 2 rings (SSSR count). The minimum atomic E-state index is -0.160. The van der Waals surface area contributed by atoms with Gasteiger partial charge >= 0.3 is 0 Å². The molecule has 20 heavy (non-hydrogen) atoms. The number of hydrogen-bond donors (Lipinski definition) is 1. The fourth-order valence-corrected chi connectivity index (χ4v) is 2.43. The first-order valence-corrected chi connectivity index (χ1v) is 7.56. The molecule has 0 unspecified atom stereocenters. The van der Waals surface area contributed by atoms with Gasteiger partial charge < -0.3 is 10.2 Å². The van der Waals surface area contributed by atoms with E-state index in [1.807, 2.05) is 19.9 Å². The van der Waals surface area contributed by atoms with Crippen LogP contribution >= 0.6 is 0 Å². The number of carbonyl (C=O) groups is 1. The van der Waals surface area contributed by atoms with Crippen molar-refractivity contribution in [1.29, 1.82) is 0 Å². The molecule has 0 spiro atoms. The van der Waals surface area contributed by atoms with Crippen LogP contribution in [0, 0.1) is 0 Å². The van der Waals surface area contributed by atoms with E-state index in [1.165, 1.54) is 32.1 Å². The van der Waals surface area contributed by atoms with Crippen molar-refractivity contribution in [2.45, 2.75) is 52.0 Å². The van der Waals surface area contributed by atoms with Crippen molar-refractivity contribution in [3.05, 3.63) is 17.8 Å². The fourth-order valence-electron chi connectivity index (χ4n) is 2.43. The van der Waals surface area contributed by atoms with Gasteiger partial charge in [0.05, 0.1) is 0 Å². The summed E-state index contributed by atoms with van der Waals surface area (Å²) in [5.41, 5.74) is 0.384. The van der Waals surface area contributed by atoms with Crippen molar-refractivity contribution < 1.29 is 4.79 Å². The van der Waals surface area contributed by atoms with Crippen LogP contribution in [0.1, 0.15) is 56.4 Å². The third-order valence-electron chi connectivity index (χ3n) is 3.48. The molecule has 0 radical (unpaired) electrons. The van der Waals surface area contributed by atoms with E-state index in [0.717, 1.165) is 18.9 Å². The Morgan fingerprint density at radius 2 is 1.75 bits per heavy atom. The molecule has 0 atom stereocenters. The maximum absolute atomic E-state index is 11.8. The Bertz CT molecular complexity index is 422. The van der Waals surface area contributed by atoms with Gasteiger partial charge in [-0.2, -0.15) is 0 Å². The van der Waals surface area contributed by atoms with Crippen molar-refractivity contribution in [2.75, 3.05) is 18.0 Å². The second-order valence-corrected chi connectivity index (χ2v) is 5.66. The summed E-state index contributed by atoms with van der Waals surface area (Å²) >= 11 is 0. The van der Waals surface area contributed by atoms with Crippen LogP contribution in [0.3, 0.4) is 0 Å². The molecular weight excluding hydrogens is 252 g/mol. The second-order valence-electron chi connectivity index (χ2n) is 5.66. The summed E-state index contributed by atoms with van der Waals surface area (Å²) in [6, 6.07) is 3.78. The van der Waals surface area contributed by atoms with Crippen molar-refractivity contribution in [2.24, 2.45) is 0 Å². The fraction of sp³-hybridized carbons (Fsp3) is 0.667. The number of hydrogen-bond acceptors (Lipinski definition) is 4. The molecule has 1 aliphatic rings. The number of nitrogens with zero attached hydrogens (tertiary/aromatic N) is 3. The topological polar surface area (TPSA) is 58.1 Å². The molecule has 1 aliphatic heterocycles. The monoisotopic (exact) mass is 276 g/mol. The summed E-state index contributed by atoms with van der Waals surface area (Å²) in [4.78, 5) is 14.1. The van der Waals surface area contributed by atoms with Gasteiger partial charge in [-0.1, -0.05) is 19.3 Å². The molecule has 1 amide bonds. The quantitative estimate of drug-likeness (QED) is 0.921. The van der Waals surface area contributed by atoms with Gasteiger partial charge in [-0.3, -0.25) is 4.79 Å². The first-order valence-electron chi connectivity index (χ1n) is 7.56. The van der Waals surface area contributed by atoms with Gasteiger partial charge in [0.2, 0.25) is 0 Å². The lowest BCUT2D eigenvalue weighted by Crippen LogP contribution is -2.31. The third kappa shape index (κ3) is 4.18. The Kier molecular flexibility index (Phi) is 5.32. The van der Waals surface area contributed by atoms with E-state index in [2.05, 4.69) is 20.4 Å². The molecule has 1 saturated heterocycles.